The van der Waals surface area contributed by atoms with Crippen LogP contribution >= 0.6 is 31.9 Å². The molecule has 0 aliphatic heterocycles. The molecule has 0 saturated heterocycles. The van der Waals surface area contributed by atoms with Crippen molar-refractivity contribution in [2.75, 3.05) is 13.2 Å². The van der Waals surface area contributed by atoms with Crippen molar-refractivity contribution in [1.29, 1.82) is 0 Å². The van der Waals surface area contributed by atoms with Crippen LogP contribution in [0.4, 0.5) is 0 Å². The minimum atomic E-state index is -0.674. The van der Waals surface area contributed by atoms with Crippen molar-refractivity contribution in [3.05, 3.63) is 98.9 Å². The first kappa shape index (κ1) is 25.0. The monoisotopic (exact) mass is 572 g/mol. The standard InChI is InChI=1S/C26H26Br2N2O3/c1-2-29-26(32)24(16-19-7-4-3-5-8-19)30(17-20-9-6-10-22(28)15-20)25(31)18-33-23-13-11-21(27)12-14-23/h3-15,24H,2,16-18H2,1H3,(H,29,32)/t24-/m1/s1. The Kier molecular flexibility index (Phi) is 9.51. The number of halogens is 2. The topological polar surface area (TPSA) is 58.6 Å². The number of carbonyl (C=O) groups is 2. The molecule has 0 spiro atoms. The molecule has 0 saturated carbocycles. The molecular formula is C26H26Br2N2O3. The number of hydrogen-bond acceptors (Lipinski definition) is 3. The number of hydrogen-bond donors (Lipinski definition) is 1. The Labute approximate surface area is 211 Å². The molecule has 7 heteroatoms. The number of likely N-dealkylation sites (N-methyl/N-ethyl adjacent to an activating group) is 1. The van der Waals surface area contributed by atoms with E-state index < -0.39 is 6.04 Å². The van der Waals surface area contributed by atoms with E-state index >= 15 is 0 Å². The summed E-state index contributed by atoms with van der Waals surface area (Å²) in [7, 11) is 0. The molecule has 2 amide bonds. The number of nitrogens with one attached hydrogen (secondary N) is 1. The molecule has 0 aliphatic rings. The van der Waals surface area contributed by atoms with Crippen molar-refractivity contribution >= 4 is 43.7 Å². The fraction of sp³-hybridized carbons (Fsp3) is 0.231. The lowest BCUT2D eigenvalue weighted by molar-refractivity contribution is -0.142. The maximum atomic E-state index is 13.4. The predicted molar refractivity (Wildman–Crippen MR) is 137 cm³/mol. The molecule has 0 radical (unpaired) electrons. The minimum Gasteiger partial charge on any atom is -0.484 e. The van der Waals surface area contributed by atoms with Crippen molar-refractivity contribution in [2.24, 2.45) is 0 Å². The Morgan fingerprint density at radius 2 is 1.61 bits per heavy atom. The van der Waals surface area contributed by atoms with E-state index in [1.165, 1.54) is 0 Å². The van der Waals surface area contributed by atoms with E-state index in [4.69, 9.17) is 4.74 Å². The normalized spacial score (nSPS) is 11.5. The predicted octanol–water partition coefficient (Wildman–Crippen LogP) is 5.37. The lowest BCUT2D eigenvalue weighted by Crippen LogP contribution is -2.51. The van der Waals surface area contributed by atoms with Crippen LogP contribution in [0.2, 0.25) is 0 Å². The number of benzene rings is 3. The van der Waals surface area contributed by atoms with Gasteiger partial charge in [0, 0.05) is 28.5 Å². The Bertz CT molecular complexity index is 1060. The largest absolute Gasteiger partial charge is 0.484 e. The van der Waals surface area contributed by atoms with Gasteiger partial charge in [0.1, 0.15) is 11.8 Å². The first-order valence-electron chi connectivity index (χ1n) is 10.7. The second-order valence-corrected chi connectivity index (χ2v) is 9.33. The smallest absolute Gasteiger partial charge is 0.261 e. The van der Waals surface area contributed by atoms with Gasteiger partial charge in [0.25, 0.3) is 5.91 Å². The molecule has 1 atom stereocenters. The summed E-state index contributed by atoms with van der Waals surface area (Å²) in [6, 6.07) is 24.1. The first-order valence-corrected chi connectivity index (χ1v) is 12.3. The summed E-state index contributed by atoms with van der Waals surface area (Å²) in [5.41, 5.74) is 1.90. The molecule has 3 aromatic carbocycles. The van der Waals surface area contributed by atoms with Gasteiger partial charge in [-0.25, -0.2) is 0 Å². The van der Waals surface area contributed by atoms with E-state index in [-0.39, 0.29) is 25.0 Å². The number of carbonyl (C=O) groups excluding carboxylic acids is 2. The van der Waals surface area contributed by atoms with Gasteiger partial charge in [-0.2, -0.15) is 0 Å². The van der Waals surface area contributed by atoms with E-state index in [9.17, 15) is 9.59 Å². The molecule has 0 heterocycles. The fourth-order valence-corrected chi connectivity index (χ4v) is 4.15. The van der Waals surface area contributed by atoms with E-state index in [1.807, 2.05) is 73.7 Å². The molecule has 0 aliphatic carbocycles. The highest BCUT2D eigenvalue weighted by atomic mass is 79.9. The van der Waals surface area contributed by atoms with E-state index in [2.05, 4.69) is 37.2 Å². The van der Waals surface area contributed by atoms with Gasteiger partial charge in [-0.1, -0.05) is 74.3 Å². The van der Waals surface area contributed by atoms with Crippen LogP contribution in [-0.2, 0) is 22.6 Å². The van der Waals surface area contributed by atoms with Crippen LogP contribution in [0.5, 0.6) is 5.75 Å². The lowest BCUT2D eigenvalue weighted by atomic mass is 10.0. The maximum Gasteiger partial charge on any atom is 0.261 e. The molecule has 0 bridgehead atoms. The van der Waals surface area contributed by atoms with Gasteiger partial charge in [0.15, 0.2) is 6.61 Å². The second-order valence-electron chi connectivity index (χ2n) is 7.49. The van der Waals surface area contributed by atoms with Gasteiger partial charge in [-0.3, -0.25) is 9.59 Å². The van der Waals surface area contributed by atoms with Crippen molar-refractivity contribution < 1.29 is 14.3 Å². The zero-order chi connectivity index (χ0) is 23.6. The van der Waals surface area contributed by atoms with Gasteiger partial charge in [-0.15, -0.1) is 0 Å². The van der Waals surface area contributed by atoms with Crippen LogP contribution in [-0.4, -0.2) is 35.9 Å². The minimum absolute atomic E-state index is 0.166. The van der Waals surface area contributed by atoms with Crippen molar-refractivity contribution in [3.63, 3.8) is 0 Å². The van der Waals surface area contributed by atoms with E-state index in [0.29, 0.717) is 18.7 Å². The summed E-state index contributed by atoms with van der Waals surface area (Å²) in [6.07, 6.45) is 0.407. The quantitative estimate of drug-likeness (QED) is 0.355. The summed E-state index contributed by atoms with van der Waals surface area (Å²) in [5.74, 6) is 0.144. The van der Waals surface area contributed by atoms with Crippen molar-refractivity contribution in [1.82, 2.24) is 10.2 Å². The Hall–Kier alpha value is -2.64. The highest BCUT2D eigenvalue weighted by Crippen LogP contribution is 2.19. The summed E-state index contributed by atoms with van der Waals surface area (Å²) < 4.78 is 7.59. The Morgan fingerprint density at radius 1 is 0.909 bits per heavy atom. The van der Waals surface area contributed by atoms with Crippen LogP contribution in [0.15, 0.2) is 87.8 Å². The third-order valence-corrected chi connectivity index (χ3v) is 6.06. The first-order chi connectivity index (χ1) is 16.0. The number of amides is 2. The third kappa shape index (κ3) is 7.72. The van der Waals surface area contributed by atoms with Gasteiger partial charge in [-0.05, 0) is 54.4 Å². The summed E-state index contributed by atoms with van der Waals surface area (Å²) in [6.45, 7) is 2.48. The van der Waals surface area contributed by atoms with Crippen LogP contribution in [0.3, 0.4) is 0 Å². The highest BCUT2D eigenvalue weighted by Gasteiger charge is 2.30. The van der Waals surface area contributed by atoms with Gasteiger partial charge >= 0.3 is 0 Å². The molecule has 172 valence electrons. The number of ether oxygens (including phenoxy) is 1. The summed E-state index contributed by atoms with van der Waals surface area (Å²) in [4.78, 5) is 28.1. The summed E-state index contributed by atoms with van der Waals surface area (Å²) in [5, 5.41) is 2.89. The van der Waals surface area contributed by atoms with Crippen LogP contribution < -0.4 is 10.1 Å². The van der Waals surface area contributed by atoms with Crippen LogP contribution in [0, 0.1) is 0 Å². The zero-order valence-electron chi connectivity index (χ0n) is 18.3. The molecule has 0 fully saturated rings. The SMILES string of the molecule is CCNC(=O)[C@@H](Cc1ccccc1)N(Cc1cccc(Br)c1)C(=O)COc1ccc(Br)cc1. The summed E-state index contributed by atoms with van der Waals surface area (Å²) >= 11 is 6.88. The Morgan fingerprint density at radius 3 is 2.27 bits per heavy atom. The van der Waals surface area contributed by atoms with Gasteiger partial charge in [0.05, 0.1) is 0 Å². The maximum absolute atomic E-state index is 13.4. The van der Waals surface area contributed by atoms with Crippen molar-refractivity contribution in [3.8, 4) is 5.75 Å². The second kappa shape index (κ2) is 12.6. The lowest BCUT2D eigenvalue weighted by Gasteiger charge is -2.31. The molecule has 0 unspecified atom stereocenters. The van der Waals surface area contributed by atoms with Crippen LogP contribution in [0.1, 0.15) is 18.1 Å². The van der Waals surface area contributed by atoms with E-state index in [0.717, 1.165) is 20.1 Å². The van der Waals surface area contributed by atoms with Crippen LogP contribution in [0.25, 0.3) is 0 Å². The molecule has 3 rings (SSSR count). The zero-order valence-corrected chi connectivity index (χ0v) is 21.5. The highest BCUT2D eigenvalue weighted by molar-refractivity contribution is 9.10. The number of nitrogens with zero attached hydrogens (tertiary/aromatic N) is 1. The molecule has 5 nitrogen and oxygen atoms in total. The van der Waals surface area contributed by atoms with E-state index in [1.54, 1.807) is 17.0 Å². The van der Waals surface area contributed by atoms with Crippen molar-refractivity contribution in [2.45, 2.75) is 25.9 Å². The fourth-order valence-electron chi connectivity index (χ4n) is 3.44. The molecule has 3 aromatic rings. The average Bonchev–Trinajstić information content (AvgIpc) is 2.81. The molecule has 1 N–H and O–H groups in total. The average molecular weight is 574 g/mol. The molecular weight excluding hydrogens is 548 g/mol. The number of rotatable bonds is 10. The molecule has 0 aromatic heterocycles. The van der Waals surface area contributed by atoms with Gasteiger partial charge < -0.3 is 15.0 Å². The van der Waals surface area contributed by atoms with Gasteiger partial charge in [0.2, 0.25) is 5.91 Å². The third-order valence-electron chi connectivity index (χ3n) is 5.04. The Balaban J connectivity index is 1.88. The molecule has 33 heavy (non-hydrogen) atoms.